The molecular formula is C70H143N5O2. The van der Waals surface area contributed by atoms with E-state index in [1.54, 1.807) is 0 Å². The fourth-order valence-corrected chi connectivity index (χ4v) is 12.4. The molecule has 1 unspecified atom stereocenters. The number of carbonyl (C=O) groups is 1. The zero-order chi connectivity index (χ0) is 55.6. The minimum Gasteiger partial charge on any atom is -0.480 e. The fraction of sp³-hybridized carbons (Fsp3) is 0.986. The normalized spacial score (nSPS) is 14.1. The Morgan fingerprint density at radius 2 is 0.532 bits per heavy atom. The summed E-state index contributed by atoms with van der Waals surface area (Å²) in [5.41, 5.74) is 0. The molecule has 0 aromatic rings. The second-order valence-corrected chi connectivity index (χ2v) is 25.2. The molecule has 7 nitrogen and oxygen atoms in total. The molecule has 1 rings (SSSR count). The molecule has 1 heterocycles. The van der Waals surface area contributed by atoms with E-state index in [9.17, 15) is 9.90 Å². The minimum atomic E-state index is -0.590. The summed E-state index contributed by atoms with van der Waals surface area (Å²) in [5, 5.41) is 10.6. The molecule has 0 aromatic heterocycles. The van der Waals surface area contributed by atoms with Crippen LogP contribution in [0.25, 0.3) is 0 Å². The van der Waals surface area contributed by atoms with Crippen LogP contribution >= 0.6 is 0 Å². The maximum absolute atomic E-state index is 12.9. The maximum atomic E-state index is 12.9. The number of hydrogen-bond donors (Lipinski definition) is 1. The van der Waals surface area contributed by atoms with Crippen molar-refractivity contribution in [3.63, 3.8) is 0 Å². The van der Waals surface area contributed by atoms with Gasteiger partial charge >= 0.3 is 5.97 Å². The molecule has 460 valence electrons. The Bertz CT molecular complexity index is 1120. The molecule has 0 aromatic carbocycles. The highest BCUT2D eigenvalue weighted by atomic mass is 16.4. The summed E-state index contributed by atoms with van der Waals surface area (Å²) in [4.78, 5) is 26.5. The van der Waals surface area contributed by atoms with E-state index in [1.807, 2.05) is 0 Å². The van der Waals surface area contributed by atoms with E-state index >= 15 is 0 Å². The van der Waals surface area contributed by atoms with Crippen molar-refractivity contribution < 1.29 is 9.90 Å². The molecule has 0 spiro atoms. The van der Waals surface area contributed by atoms with Crippen LogP contribution in [0.5, 0.6) is 0 Å². The molecule has 0 saturated carbocycles. The molecule has 0 radical (unpaired) electrons. The largest absolute Gasteiger partial charge is 0.480 e. The Balaban J connectivity index is 2.84. The molecule has 0 bridgehead atoms. The summed E-state index contributed by atoms with van der Waals surface area (Å²) in [7, 11) is 0. The van der Waals surface area contributed by atoms with Gasteiger partial charge in [-0.25, -0.2) is 0 Å². The molecule has 1 aliphatic rings. The number of rotatable bonds is 64. The minimum absolute atomic E-state index is 0.336. The van der Waals surface area contributed by atoms with Crippen molar-refractivity contribution in [3.8, 4) is 0 Å². The zero-order valence-corrected chi connectivity index (χ0v) is 53.7. The van der Waals surface area contributed by atoms with Gasteiger partial charge in [0.05, 0.1) is 0 Å². The molecule has 0 aliphatic carbocycles. The lowest BCUT2D eigenvalue weighted by Gasteiger charge is -2.38. The molecule has 1 aliphatic heterocycles. The van der Waals surface area contributed by atoms with Crippen LogP contribution in [0.1, 0.15) is 349 Å². The van der Waals surface area contributed by atoms with Gasteiger partial charge in [0.1, 0.15) is 6.04 Å². The number of carboxylic acids is 1. The number of nitrogens with zero attached hydrogens (tertiary/aromatic N) is 5. The monoisotopic (exact) mass is 1090 g/mol. The highest BCUT2D eigenvalue weighted by Gasteiger charge is 2.26. The zero-order valence-electron chi connectivity index (χ0n) is 53.7. The van der Waals surface area contributed by atoms with Gasteiger partial charge in [0.25, 0.3) is 0 Å². The highest BCUT2D eigenvalue weighted by molar-refractivity contribution is 5.73. The summed E-state index contributed by atoms with van der Waals surface area (Å²) in [6.45, 7) is 27.7. The Kier molecular flexibility index (Phi) is 57.8. The van der Waals surface area contributed by atoms with Crippen molar-refractivity contribution in [2.75, 3.05) is 91.6 Å². The van der Waals surface area contributed by atoms with Crippen molar-refractivity contribution in [1.29, 1.82) is 0 Å². The van der Waals surface area contributed by atoms with E-state index in [2.05, 4.69) is 59.1 Å². The van der Waals surface area contributed by atoms with E-state index in [0.29, 0.717) is 0 Å². The Labute approximate surface area is 485 Å². The highest BCUT2D eigenvalue weighted by Crippen LogP contribution is 2.19. The first-order valence-electron chi connectivity index (χ1n) is 35.8. The van der Waals surface area contributed by atoms with Crippen LogP contribution in [0.3, 0.4) is 0 Å². The molecule has 1 fully saturated rings. The quantitative estimate of drug-likeness (QED) is 0.0609. The van der Waals surface area contributed by atoms with Gasteiger partial charge in [-0.05, 0) is 58.3 Å². The Hall–Kier alpha value is -0.730. The van der Waals surface area contributed by atoms with Crippen molar-refractivity contribution >= 4 is 5.97 Å². The average Bonchev–Trinajstić information content (AvgIpc) is 3.43. The predicted molar refractivity (Wildman–Crippen MR) is 343 cm³/mol. The SMILES string of the molecule is CCCCCCCCCCCCN(CCCCCCCCCCCC)CCN(CCCCCCCCCCCC)CCN1CCN(CCN(CCCCCCCCCCCC)C(CCCCCCCCCC)C(=O)O)CC1. The third kappa shape index (κ3) is 49.6. The first-order valence-corrected chi connectivity index (χ1v) is 35.8. The fourth-order valence-electron chi connectivity index (χ4n) is 12.4. The molecule has 1 atom stereocenters. The number of hydrogen-bond acceptors (Lipinski definition) is 6. The van der Waals surface area contributed by atoms with Crippen molar-refractivity contribution in [3.05, 3.63) is 0 Å². The van der Waals surface area contributed by atoms with Gasteiger partial charge in [0.15, 0.2) is 0 Å². The van der Waals surface area contributed by atoms with Crippen LogP contribution in [0.2, 0.25) is 0 Å². The summed E-state index contributed by atoms with van der Waals surface area (Å²) in [6.07, 6.45) is 66.6. The second kappa shape index (κ2) is 59.9. The Morgan fingerprint density at radius 3 is 0.818 bits per heavy atom. The Morgan fingerprint density at radius 1 is 0.299 bits per heavy atom. The van der Waals surface area contributed by atoms with Gasteiger partial charge in [-0.3, -0.25) is 19.5 Å². The molecule has 0 amide bonds. The third-order valence-corrected chi connectivity index (χ3v) is 18.0. The van der Waals surface area contributed by atoms with Crippen LogP contribution in [0.4, 0.5) is 0 Å². The van der Waals surface area contributed by atoms with Crippen LogP contribution in [0, 0.1) is 0 Å². The molecular weight excluding hydrogens is 943 g/mol. The summed E-state index contributed by atoms with van der Waals surface area (Å²) < 4.78 is 0. The molecule has 1 saturated heterocycles. The van der Waals surface area contributed by atoms with Crippen molar-refractivity contribution in [2.45, 2.75) is 355 Å². The van der Waals surface area contributed by atoms with Gasteiger partial charge in [-0.1, -0.05) is 317 Å². The second-order valence-electron chi connectivity index (χ2n) is 25.2. The number of piperazine rings is 1. The van der Waals surface area contributed by atoms with E-state index < -0.39 is 5.97 Å². The van der Waals surface area contributed by atoms with Crippen LogP contribution in [-0.4, -0.2) is 133 Å². The number of unbranched alkanes of at least 4 members (excludes halogenated alkanes) is 43. The predicted octanol–water partition coefficient (Wildman–Crippen LogP) is 20.2. The van der Waals surface area contributed by atoms with E-state index in [4.69, 9.17) is 0 Å². The van der Waals surface area contributed by atoms with Gasteiger partial charge in [0.2, 0.25) is 0 Å². The van der Waals surface area contributed by atoms with Crippen LogP contribution < -0.4 is 0 Å². The van der Waals surface area contributed by atoms with E-state index in [1.165, 1.54) is 341 Å². The number of aliphatic carboxylic acids is 1. The average molecular weight is 1090 g/mol. The summed E-state index contributed by atoms with van der Waals surface area (Å²) in [5.74, 6) is -0.590. The van der Waals surface area contributed by atoms with Gasteiger partial charge in [0, 0.05) is 65.4 Å². The van der Waals surface area contributed by atoms with Crippen LogP contribution in [-0.2, 0) is 4.79 Å². The van der Waals surface area contributed by atoms with Crippen molar-refractivity contribution in [2.24, 2.45) is 0 Å². The summed E-state index contributed by atoms with van der Waals surface area (Å²) in [6, 6.07) is -0.336. The smallest absolute Gasteiger partial charge is 0.320 e. The van der Waals surface area contributed by atoms with Crippen molar-refractivity contribution in [1.82, 2.24) is 24.5 Å². The van der Waals surface area contributed by atoms with Crippen LogP contribution in [0.15, 0.2) is 0 Å². The van der Waals surface area contributed by atoms with E-state index in [-0.39, 0.29) is 6.04 Å². The lowest BCUT2D eigenvalue weighted by molar-refractivity contribution is -0.143. The van der Waals surface area contributed by atoms with Gasteiger partial charge in [-0.2, -0.15) is 0 Å². The molecule has 7 heteroatoms. The lowest BCUT2D eigenvalue weighted by atomic mass is 10.0. The first-order chi connectivity index (χ1) is 38.0. The molecule has 77 heavy (non-hydrogen) atoms. The van der Waals surface area contributed by atoms with Gasteiger partial charge < -0.3 is 14.9 Å². The lowest BCUT2D eigenvalue weighted by Crippen LogP contribution is -2.51. The van der Waals surface area contributed by atoms with E-state index in [0.717, 1.165) is 65.1 Å². The van der Waals surface area contributed by atoms with Gasteiger partial charge in [-0.15, -0.1) is 0 Å². The first kappa shape index (κ1) is 74.3. The maximum Gasteiger partial charge on any atom is 0.320 e. The standard InChI is InChI=1S/C70H143N5O2/c1-6-11-16-21-26-31-35-40-45-50-55-71(56-51-46-41-36-32-27-22-17-12-7-2)59-60-72(57-52-47-42-37-33-28-23-18-13-8-3)61-62-73-63-65-74(66-64-73)67-68-75(58-53-48-43-38-34-29-24-19-14-9-4)69(70(76)77)54-49-44-39-30-25-20-15-10-5/h69H,6-68H2,1-5H3,(H,76,77). The number of carboxylic acid groups (broad SMARTS) is 1. The third-order valence-electron chi connectivity index (χ3n) is 18.0. The summed E-state index contributed by atoms with van der Waals surface area (Å²) >= 11 is 0. The molecule has 1 N–H and O–H groups in total. The topological polar surface area (TPSA) is 53.5 Å².